The Morgan fingerprint density at radius 3 is 2.47 bits per heavy atom. The van der Waals surface area contributed by atoms with Crippen molar-refractivity contribution in [3.63, 3.8) is 0 Å². The molecule has 0 amide bonds. The summed E-state index contributed by atoms with van der Waals surface area (Å²) in [6, 6.07) is 6.04. The smallest absolute Gasteiger partial charge is 0.119 e. The number of nitrogens with zero attached hydrogens (tertiary/aromatic N) is 2. The fraction of sp³-hybridized carbons (Fsp3) is 0.400. The number of aryl methyl sites for hydroxylation is 3. The maximum atomic E-state index is 9.97. The quantitative estimate of drug-likeness (QED) is 0.897. The van der Waals surface area contributed by atoms with Gasteiger partial charge in [0.25, 0.3) is 0 Å². The van der Waals surface area contributed by atoms with E-state index in [9.17, 15) is 5.11 Å². The molecule has 0 spiro atoms. The molecule has 2 aromatic rings. The van der Waals surface area contributed by atoms with Crippen LogP contribution in [0.4, 0.5) is 0 Å². The lowest BCUT2D eigenvalue weighted by Crippen LogP contribution is -2.23. The Morgan fingerprint density at radius 1 is 1.21 bits per heavy atom. The lowest BCUT2D eigenvalue weighted by Gasteiger charge is -2.14. The molecule has 0 radical (unpaired) electrons. The number of imidazole rings is 1. The largest absolute Gasteiger partial charge is 0.491 e. The van der Waals surface area contributed by atoms with E-state index in [1.165, 1.54) is 0 Å². The van der Waals surface area contributed by atoms with Crippen molar-refractivity contribution in [1.82, 2.24) is 9.55 Å². The lowest BCUT2D eigenvalue weighted by molar-refractivity contribution is 0.0919. The summed E-state index contributed by atoms with van der Waals surface area (Å²) in [6.07, 6.45) is 3.04. The first-order valence-corrected chi connectivity index (χ1v) is 6.41. The van der Waals surface area contributed by atoms with Gasteiger partial charge in [0.1, 0.15) is 24.3 Å². The second-order valence-corrected chi connectivity index (χ2v) is 4.92. The molecule has 2 rings (SSSR count). The van der Waals surface area contributed by atoms with Crippen molar-refractivity contribution >= 4 is 0 Å². The average molecular weight is 260 g/mol. The molecule has 0 fully saturated rings. The van der Waals surface area contributed by atoms with Gasteiger partial charge in [0.05, 0.1) is 6.54 Å². The summed E-state index contributed by atoms with van der Waals surface area (Å²) in [5, 5.41) is 9.97. The van der Waals surface area contributed by atoms with Crippen LogP contribution in [0.3, 0.4) is 0 Å². The highest BCUT2D eigenvalue weighted by atomic mass is 16.5. The molecule has 0 saturated heterocycles. The van der Waals surface area contributed by atoms with Crippen molar-refractivity contribution in [2.45, 2.75) is 33.4 Å². The Labute approximate surface area is 113 Å². The van der Waals surface area contributed by atoms with E-state index in [1.807, 2.05) is 43.7 Å². The van der Waals surface area contributed by atoms with E-state index in [-0.39, 0.29) is 6.61 Å². The van der Waals surface area contributed by atoms with Crippen LogP contribution in [0.1, 0.15) is 17.0 Å². The van der Waals surface area contributed by atoms with E-state index in [0.717, 1.165) is 22.7 Å². The SMILES string of the molecule is Cc1cc(C)cc(OCC(O)Cn2ccnc2C)c1. The minimum absolute atomic E-state index is 0.278. The zero-order chi connectivity index (χ0) is 13.8. The van der Waals surface area contributed by atoms with Crippen LogP contribution in [0.2, 0.25) is 0 Å². The third-order valence-electron chi connectivity index (χ3n) is 2.97. The third-order valence-corrected chi connectivity index (χ3v) is 2.97. The van der Waals surface area contributed by atoms with Crippen LogP contribution in [0, 0.1) is 20.8 Å². The highest BCUT2D eigenvalue weighted by Gasteiger charge is 2.08. The second kappa shape index (κ2) is 5.89. The first-order chi connectivity index (χ1) is 9.04. The maximum Gasteiger partial charge on any atom is 0.119 e. The normalized spacial score (nSPS) is 12.4. The number of ether oxygens (including phenoxy) is 1. The molecular weight excluding hydrogens is 240 g/mol. The van der Waals surface area contributed by atoms with Gasteiger partial charge in [-0.15, -0.1) is 0 Å². The predicted octanol–water partition coefficient (Wildman–Crippen LogP) is 2.25. The van der Waals surface area contributed by atoms with Crippen molar-refractivity contribution in [1.29, 1.82) is 0 Å². The number of hydrogen-bond donors (Lipinski definition) is 1. The van der Waals surface area contributed by atoms with Crippen LogP contribution >= 0.6 is 0 Å². The number of aliphatic hydroxyl groups is 1. The number of aromatic nitrogens is 2. The zero-order valence-corrected chi connectivity index (χ0v) is 11.6. The Hall–Kier alpha value is -1.81. The number of hydrogen-bond acceptors (Lipinski definition) is 3. The van der Waals surface area contributed by atoms with Gasteiger partial charge in [-0.1, -0.05) is 6.07 Å². The Balaban J connectivity index is 1.89. The fourth-order valence-corrected chi connectivity index (χ4v) is 2.09. The molecule has 1 aromatic heterocycles. The van der Waals surface area contributed by atoms with E-state index in [0.29, 0.717) is 6.54 Å². The van der Waals surface area contributed by atoms with Crippen molar-refractivity contribution in [3.8, 4) is 5.75 Å². The Kier molecular flexibility index (Phi) is 4.22. The van der Waals surface area contributed by atoms with Gasteiger partial charge in [0, 0.05) is 12.4 Å². The van der Waals surface area contributed by atoms with Crippen LogP contribution in [0.15, 0.2) is 30.6 Å². The number of rotatable bonds is 5. The standard InChI is InChI=1S/C15H20N2O2/c1-11-6-12(2)8-15(7-11)19-10-14(18)9-17-5-4-16-13(17)3/h4-8,14,18H,9-10H2,1-3H3. The maximum absolute atomic E-state index is 9.97. The van der Waals surface area contributed by atoms with Crippen LogP contribution in [0.5, 0.6) is 5.75 Å². The Bertz CT molecular complexity index is 529. The molecule has 19 heavy (non-hydrogen) atoms. The van der Waals surface area contributed by atoms with E-state index < -0.39 is 6.10 Å². The Morgan fingerprint density at radius 2 is 1.89 bits per heavy atom. The number of benzene rings is 1. The molecule has 1 atom stereocenters. The summed E-state index contributed by atoms with van der Waals surface area (Å²) in [5.41, 5.74) is 2.32. The van der Waals surface area contributed by atoms with Gasteiger partial charge in [-0.2, -0.15) is 0 Å². The lowest BCUT2D eigenvalue weighted by atomic mass is 10.1. The van der Waals surface area contributed by atoms with Gasteiger partial charge >= 0.3 is 0 Å². The van der Waals surface area contributed by atoms with E-state index in [2.05, 4.69) is 11.1 Å². The van der Waals surface area contributed by atoms with Crippen LogP contribution in [-0.4, -0.2) is 27.4 Å². The minimum atomic E-state index is -0.547. The van der Waals surface area contributed by atoms with Gasteiger partial charge in [-0.25, -0.2) is 4.98 Å². The summed E-state index contributed by atoms with van der Waals surface area (Å²) >= 11 is 0. The molecule has 0 aliphatic heterocycles. The average Bonchev–Trinajstić information content (AvgIpc) is 2.71. The zero-order valence-electron chi connectivity index (χ0n) is 11.6. The van der Waals surface area contributed by atoms with Crippen LogP contribution in [-0.2, 0) is 6.54 Å². The highest BCUT2D eigenvalue weighted by Crippen LogP contribution is 2.16. The van der Waals surface area contributed by atoms with Crippen molar-refractivity contribution < 1.29 is 9.84 Å². The molecule has 4 heteroatoms. The topological polar surface area (TPSA) is 47.3 Å². The number of aliphatic hydroxyl groups excluding tert-OH is 1. The van der Waals surface area contributed by atoms with E-state index in [1.54, 1.807) is 6.20 Å². The second-order valence-electron chi connectivity index (χ2n) is 4.92. The van der Waals surface area contributed by atoms with Crippen LogP contribution in [0.25, 0.3) is 0 Å². The summed E-state index contributed by atoms with van der Waals surface area (Å²) in [5.74, 6) is 1.70. The molecule has 0 bridgehead atoms. The molecule has 1 N–H and O–H groups in total. The predicted molar refractivity (Wildman–Crippen MR) is 74.4 cm³/mol. The first-order valence-electron chi connectivity index (χ1n) is 6.41. The van der Waals surface area contributed by atoms with Gasteiger partial charge in [0.15, 0.2) is 0 Å². The summed E-state index contributed by atoms with van der Waals surface area (Å²) in [7, 11) is 0. The van der Waals surface area contributed by atoms with Crippen LogP contribution < -0.4 is 4.74 Å². The first kappa shape index (κ1) is 13.6. The summed E-state index contributed by atoms with van der Waals surface area (Å²) in [6.45, 7) is 6.75. The van der Waals surface area contributed by atoms with Gasteiger partial charge in [0.2, 0.25) is 0 Å². The highest BCUT2D eigenvalue weighted by molar-refractivity contribution is 5.32. The minimum Gasteiger partial charge on any atom is -0.491 e. The third kappa shape index (κ3) is 3.83. The molecular formula is C15H20N2O2. The van der Waals surface area contributed by atoms with Crippen molar-refractivity contribution in [2.24, 2.45) is 0 Å². The molecule has 0 aliphatic carbocycles. The molecule has 0 saturated carbocycles. The van der Waals surface area contributed by atoms with E-state index >= 15 is 0 Å². The molecule has 0 aliphatic rings. The van der Waals surface area contributed by atoms with Gasteiger partial charge in [-0.3, -0.25) is 0 Å². The monoisotopic (exact) mass is 260 g/mol. The van der Waals surface area contributed by atoms with E-state index in [4.69, 9.17) is 4.74 Å². The summed E-state index contributed by atoms with van der Waals surface area (Å²) < 4.78 is 7.55. The van der Waals surface area contributed by atoms with Gasteiger partial charge < -0.3 is 14.4 Å². The van der Waals surface area contributed by atoms with Crippen molar-refractivity contribution in [3.05, 3.63) is 47.5 Å². The molecule has 1 aromatic carbocycles. The molecule has 1 unspecified atom stereocenters. The summed E-state index contributed by atoms with van der Waals surface area (Å²) in [4.78, 5) is 4.12. The molecule has 4 nitrogen and oxygen atoms in total. The van der Waals surface area contributed by atoms with Gasteiger partial charge in [-0.05, 0) is 44.0 Å². The fourth-order valence-electron chi connectivity index (χ4n) is 2.09. The van der Waals surface area contributed by atoms with Crippen molar-refractivity contribution in [2.75, 3.05) is 6.61 Å². The molecule has 102 valence electrons. The molecule has 1 heterocycles.